The van der Waals surface area contributed by atoms with Crippen LogP contribution in [0.2, 0.25) is 0 Å². The number of carbonyl (C=O) groups is 3. The van der Waals surface area contributed by atoms with E-state index in [1.54, 1.807) is 6.92 Å². The normalized spacial score (nSPS) is 24.1. The van der Waals surface area contributed by atoms with Gasteiger partial charge in [0, 0.05) is 10.7 Å². The summed E-state index contributed by atoms with van der Waals surface area (Å²) in [5, 5.41) is 5.23. The van der Waals surface area contributed by atoms with Crippen LogP contribution in [0.5, 0.6) is 0 Å². The first-order valence-electron chi connectivity index (χ1n) is 9.87. The quantitative estimate of drug-likeness (QED) is 0.455. The summed E-state index contributed by atoms with van der Waals surface area (Å²) >= 11 is 0. The lowest BCUT2D eigenvalue weighted by Crippen LogP contribution is -2.49. The average molecular weight is 345 g/mol. The summed E-state index contributed by atoms with van der Waals surface area (Å²) in [6.45, 7) is 5.53. The Balaban J connectivity index is 2.69. The molecule has 0 aliphatic carbocycles. The SMILES string of the molecule is [2H]C([2H])([2H])C(C)C[C@H](NC(=O)[C@H]1O[C@@H]1C(=O)OCC)C(=O)NCCC(C)C. The number of rotatable bonds is 10. The Bertz CT molecular complexity index is 539. The van der Waals surface area contributed by atoms with E-state index in [1.165, 1.54) is 6.92 Å². The van der Waals surface area contributed by atoms with Crippen LogP contribution in [-0.4, -0.2) is 49.2 Å². The molecule has 2 amide bonds. The van der Waals surface area contributed by atoms with E-state index in [0.717, 1.165) is 6.42 Å². The number of epoxide rings is 1. The smallest absolute Gasteiger partial charge is 0.338 e. The van der Waals surface area contributed by atoms with Crippen molar-refractivity contribution in [2.45, 2.75) is 65.6 Å². The van der Waals surface area contributed by atoms with Crippen LogP contribution in [0, 0.1) is 11.8 Å². The summed E-state index contributed by atoms with van der Waals surface area (Å²) in [5.74, 6) is -2.11. The zero-order chi connectivity index (χ0) is 20.8. The molecule has 0 aromatic carbocycles. The number of hydrogen-bond acceptors (Lipinski definition) is 5. The monoisotopic (exact) mass is 345 g/mol. The van der Waals surface area contributed by atoms with Crippen LogP contribution in [0.4, 0.5) is 0 Å². The van der Waals surface area contributed by atoms with E-state index in [2.05, 4.69) is 10.6 Å². The standard InChI is InChI=1S/C17H30N2O5/c1-6-23-17(22)14-13(24-14)16(21)19-12(9-11(4)5)15(20)18-8-7-10(2)3/h10-14H,6-9H2,1-5H3,(H,18,20)(H,19,21)/t12-,13-,14-/m0/s1/i4D3/t11?,12-,13-,14-. The molecule has 1 saturated heterocycles. The van der Waals surface area contributed by atoms with Crippen LogP contribution in [0.15, 0.2) is 0 Å². The minimum atomic E-state index is -2.25. The summed E-state index contributed by atoms with van der Waals surface area (Å²) < 4.78 is 32.3. The number of carbonyl (C=O) groups excluding carboxylic acids is 3. The molecule has 24 heavy (non-hydrogen) atoms. The molecule has 1 rings (SSSR count). The zero-order valence-electron chi connectivity index (χ0n) is 17.8. The summed E-state index contributed by atoms with van der Waals surface area (Å²) in [6.07, 6.45) is -1.28. The van der Waals surface area contributed by atoms with Crippen LogP contribution in [-0.2, 0) is 23.9 Å². The molecule has 0 bridgehead atoms. The van der Waals surface area contributed by atoms with Crippen molar-refractivity contribution in [1.29, 1.82) is 0 Å². The highest BCUT2D eigenvalue weighted by Crippen LogP contribution is 2.24. The molecule has 1 heterocycles. The lowest BCUT2D eigenvalue weighted by Gasteiger charge is -2.20. The fourth-order valence-corrected chi connectivity index (χ4v) is 2.16. The van der Waals surface area contributed by atoms with Gasteiger partial charge in [0.05, 0.1) is 6.61 Å². The Hall–Kier alpha value is -1.63. The van der Waals surface area contributed by atoms with Gasteiger partial charge in [0.15, 0.2) is 12.2 Å². The van der Waals surface area contributed by atoms with Gasteiger partial charge in [-0.05, 0) is 31.6 Å². The van der Waals surface area contributed by atoms with Gasteiger partial charge < -0.3 is 20.1 Å². The van der Waals surface area contributed by atoms with Crippen molar-refractivity contribution >= 4 is 17.8 Å². The lowest BCUT2D eigenvalue weighted by atomic mass is 10.0. The number of nitrogens with one attached hydrogen (secondary N) is 2. The Labute approximate surface area is 148 Å². The van der Waals surface area contributed by atoms with Crippen molar-refractivity contribution < 1.29 is 28.0 Å². The first-order chi connectivity index (χ1) is 12.5. The third kappa shape index (κ3) is 6.86. The van der Waals surface area contributed by atoms with Crippen LogP contribution in [0.1, 0.15) is 51.5 Å². The molecular weight excluding hydrogens is 312 g/mol. The van der Waals surface area contributed by atoms with E-state index < -0.39 is 48.8 Å². The number of esters is 1. The van der Waals surface area contributed by atoms with Gasteiger partial charge in [-0.25, -0.2) is 4.79 Å². The zero-order valence-corrected chi connectivity index (χ0v) is 14.8. The highest BCUT2D eigenvalue weighted by atomic mass is 16.6. The van der Waals surface area contributed by atoms with Crippen molar-refractivity contribution in [3.05, 3.63) is 0 Å². The largest absolute Gasteiger partial charge is 0.464 e. The minimum Gasteiger partial charge on any atom is -0.464 e. The first kappa shape index (κ1) is 15.9. The fourth-order valence-electron chi connectivity index (χ4n) is 2.16. The van der Waals surface area contributed by atoms with Crippen molar-refractivity contribution in [2.24, 2.45) is 11.8 Å². The highest BCUT2D eigenvalue weighted by Gasteiger charge is 2.52. The van der Waals surface area contributed by atoms with E-state index in [1.807, 2.05) is 13.8 Å². The summed E-state index contributed by atoms with van der Waals surface area (Å²) in [4.78, 5) is 36.3. The Kier molecular flexibility index (Phi) is 6.36. The summed E-state index contributed by atoms with van der Waals surface area (Å²) in [6, 6.07) is -1.02. The molecule has 7 nitrogen and oxygen atoms in total. The fraction of sp³-hybridized carbons (Fsp3) is 0.824. The van der Waals surface area contributed by atoms with Crippen LogP contribution in [0.3, 0.4) is 0 Å². The molecule has 0 aromatic heterocycles. The van der Waals surface area contributed by atoms with Gasteiger partial charge in [0.1, 0.15) is 6.04 Å². The lowest BCUT2D eigenvalue weighted by molar-refractivity contribution is -0.144. The van der Waals surface area contributed by atoms with Crippen LogP contribution in [0.25, 0.3) is 0 Å². The Morgan fingerprint density at radius 3 is 2.50 bits per heavy atom. The molecule has 0 radical (unpaired) electrons. The van der Waals surface area contributed by atoms with Gasteiger partial charge in [-0.15, -0.1) is 0 Å². The number of hydrogen-bond donors (Lipinski definition) is 2. The van der Waals surface area contributed by atoms with Crippen LogP contribution >= 0.6 is 0 Å². The highest BCUT2D eigenvalue weighted by molar-refractivity contribution is 5.95. The summed E-state index contributed by atoms with van der Waals surface area (Å²) in [5.41, 5.74) is 0. The molecule has 1 aliphatic rings. The maximum atomic E-state index is 12.4. The average Bonchev–Trinajstić information content (AvgIpc) is 3.33. The molecule has 0 saturated carbocycles. The van der Waals surface area contributed by atoms with Gasteiger partial charge in [-0.2, -0.15) is 0 Å². The van der Waals surface area contributed by atoms with Crippen molar-refractivity contribution in [3.63, 3.8) is 0 Å². The van der Waals surface area contributed by atoms with Crippen molar-refractivity contribution in [1.82, 2.24) is 10.6 Å². The summed E-state index contributed by atoms with van der Waals surface area (Å²) in [7, 11) is 0. The van der Waals surface area contributed by atoms with E-state index in [-0.39, 0.29) is 13.0 Å². The van der Waals surface area contributed by atoms with Gasteiger partial charge in [0.25, 0.3) is 5.91 Å². The van der Waals surface area contributed by atoms with Gasteiger partial charge in [-0.1, -0.05) is 27.6 Å². The molecular formula is C17H30N2O5. The molecule has 0 spiro atoms. The van der Waals surface area contributed by atoms with Crippen molar-refractivity contribution in [2.75, 3.05) is 13.2 Å². The van der Waals surface area contributed by atoms with Gasteiger partial charge in [0.2, 0.25) is 5.91 Å². The molecule has 138 valence electrons. The number of ether oxygens (including phenoxy) is 2. The number of amides is 2. The third-order valence-corrected chi connectivity index (χ3v) is 3.51. The van der Waals surface area contributed by atoms with E-state index in [0.29, 0.717) is 12.5 Å². The molecule has 1 fully saturated rings. The third-order valence-electron chi connectivity index (χ3n) is 3.51. The molecule has 4 atom stereocenters. The van der Waals surface area contributed by atoms with Gasteiger partial charge >= 0.3 is 5.97 Å². The second kappa shape index (κ2) is 9.61. The van der Waals surface area contributed by atoms with Gasteiger partial charge in [-0.3, -0.25) is 9.59 Å². The van der Waals surface area contributed by atoms with E-state index in [9.17, 15) is 14.4 Å². The van der Waals surface area contributed by atoms with Crippen molar-refractivity contribution in [3.8, 4) is 0 Å². The molecule has 1 unspecified atom stereocenters. The topological polar surface area (TPSA) is 97.0 Å². The maximum absolute atomic E-state index is 12.4. The molecule has 2 N–H and O–H groups in total. The van der Waals surface area contributed by atoms with Crippen LogP contribution < -0.4 is 10.6 Å². The minimum absolute atomic E-state index is 0.0491. The second-order valence-electron chi connectivity index (χ2n) is 6.40. The Morgan fingerprint density at radius 2 is 1.92 bits per heavy atom. The maximum Gasteiger partial charge on any atom is 0.338 e. The Morgan fingerprint density at radius 1 is 1.21 bits per heavy atom. The predicted octanol–water partition coefficient (Wildman–Crippen LogP) is 1.01. The second-order valence-corrected chi connectivity index (χ2v) is 6.40. The van der Waals surface area contributed by atoms with E-state index >= 15 is 0 Å². The first-order valence-corrected chi connectivity index (χ1v) is 8.37. The molecule has 1 aliphatic heterocycles. The molecule has 7 heteroatoms. The predicted molar refractivity (Wildman–Crippen MR) is 89.1 cm³/mol. The van der Waals surface area contributed by atoms with E-state index in [4.69, 9.17) is 13.6 Å². The molecule has 0 aromatic rings.